The molecule has 8 nitrogen and oxygen atoms in total. The average Bonchev–Trinajstić information content (AvgIpc) is 3.01. The van der Waals surface area contributed by atoms with Crippen molar-refractivity contribution >= 4 is 13.7 Å². The van der Waals surface area contributed by atoms with Gasteiger partial charge in [0, 0.05) is 6.42 Å². The molecule has 0 fully saturated rings. The van der Waals surface area contributed by atoms with E-state index >= 15 is 0 Å². The van der Waals surface area contributed by atoms with Gasteiger partial charge in [-0.3, -0.25) is 9.36 Å². The first-order valence-electron chi connectivity index (χ1n) is 19.5. The summed E-state index contributed by atoms with van der Waals surface area (Å²) in [5.41, 5.74) is 0. The Hall–Kier alpha value is -0.760. The molecule has 0 spiro atoms. The highest BCUT2D eigenvalue weighted by molar-refractivity contribution is 7.45. The van der Waals surface area contributed by atoms with E-state index in [0.29, 0.717) is 23.9 Å². The number of carbonyl (C=O) groups is 1. The Morgan fingerprint density at radius 3 is 1.66 bits per heavy atom. The molecule has 0 heterocycles. The number of carbonyl (C=O) groups excluding carboxylic acids is 1. The number of rotatable bonds is 35. The number of aliphatic hydroxyl groups excluding tert-OH is 1. The molecular weight excluding hydrogens is 611 g/mol. The highest BCUT2D eigenvalue weighted by Gasteiger charge is 2.24. The predicted octanol–water partition coefficient (Wildman–Crippen LogP) is 9.39. The fourth-order valence-electron chi connectivity index (χ4n) is 5.56. The van der Waals surface area contributed by atoms with Gasteiger partial charge < -0.3 is 28.8 Å². The summed E-state index contributed by atoms with van der Waals surface area (Å²) >= 11 is 0. The van der Waals surface area contributed by atoms with Crippen LogP contribution in [-0.4, -0.2) is 68.5 Å². The molecule has 9 heteroatoms. The smallest absolute Gasteiger partial charge is 0.268 e. The fraction of sp³-hybridized carbons (Fsp3) is 0.921. The summed E-state index contributed by atoms with van der Waals surface area (Å²) in [5.74, 6) is -0.177. The van der Waals surface area contributed by atoms with Gasteiger partial charge in [-0.05, 0) is 38.5 Å². The Morgan fingerprint density at radius 1 is 0.723 bits per heavy atom. The second kappa shape index (κ2) is 31.2. The largest absolute Gasteiger partial charge is 0.756 e. The van der Waals surface area contributed by atoms with Crippen LogP contribution in [-0.2, 0) is 18.4 Å². The van der Waals surface area contributed by atoms with Crippen LogP contribution in [0.4, 0.5) is 0 Å². The molecule has 0 radical (unpaired) electrons. The molecule has 0 rings (SSSR count). The number of likely N-dealkylation sites (N-methyl/N-ethyl adjacent to an activating group) is 1. The van der Waals surface area contributed by atoms with Gasteiger partial charge in [-0.25, -0.2) is 0 Å². The SMILES string of the molecule is CCCCCCCCCCC/C=C/CCCC[C@@H](O)[C@H](COP(=O)([O-])OCC[N+](C)(C)C)NC(=O)CCCCCCCCCCCC. The number of nitrogens with one attached hydrogen (secondary N) is 1. The summed E-state index contributed by atoms with van der Waals surface area (Å²) in [6, 6.07) is -0.808. The van der Waals surface area contributed by atoms with Gasteiger partial charge >= 0.3 is 0 Å². The zero-order valence-electron chi connectivity index (χ0n) is 31.5. The van der Waals surface area contributed by atoms with E-state index < -0.39 is 20.0 Å². The highest BCUT2D eigenvalue weighted by Crippen LogP contribution is 2.38. The Labute approximate surface area is 291 Å². The van der Waals surface area contributed by atoms with Crippen LogP contribution >= 0.6 is 7.82 Å². The normalized spacial score (nSPS) is 14.8. The minimum atomic E-state index is -4.56. The number of amides is 1. The highest BCUT2D eigenvalue weighted by atomic mass is 31.2. The molecule has 0 aromatic carbocycles. The Balaban J connectivity index is 4.48. The van der Waals surface area contributed by atoms with Gasteiger partial charge in [0.25, 0.3) is 7.82 Å². The van der Waals surface area contributed by atoms with Gasteiger partial charge in [0.15, 0.2) is 0 Å². The van der Waals surface area contributed by atoms with Crippen molar-refractivity contribution in [3.8, 4) is 0 Å². The zero-order valence-corrected chi connectivity index (χ0v) is 32.4. The van der Waals surface area contributed by atoms with Crippen LogP contribution in [0.15, 0.2) is 12.2 Å². The third kappa shape index (κ3) is 33.5. The Bertz CT molecular complexity index is 789. The first-order chi connectivity index (χ1) is 22.5. The van der Waals surface area contributed by atoms with E-state index in [4.69, 9.17) is 9.05 Å². The van der Waals surface area contributed by atoms with Crippen molar-refractivity contribution < 1.29 is 32.9 Å². The minimum absolute atomic E-state index is 0.00917. The third-order valence-corrected chi connectivity index (χ3v) is 9.72. The molecule has 2 N–H and O–H groups in total. The first-order valence-corrected chi connectivity index (χ1v) is 21.0. The number of nitrogens with zero attached hydrogens (tertiary/aromatic N) is 1. The van der Waals surface area contributed by atoms with Crippen molar-refractivity contribution in [2.45, 2.75) is 187 Å². The molecule has 280 valence electrons. The van der Waals surface area contributed by atoms with Gasteiger partial charge in [-0.2, -0.15) is 0 Å². The van der Waals surface area contributed by atoms with Crippen LogP contribution in [0.1, 0.15) is 174 Å². The lowest BCUT2D eigenvalue weighted by Crippen LogP contribution is -2.46. The van der Waals surface area contributed by atoms with Gasteiger partial charge in [-0.1, -0.05) is 142 Å². The van der Waals surface area contributed by atoms with E-state index in [9.17, 15) is 19.4 Å². The number of unbranched alkanes of at least 4 members (excludes halogenated alkanes) is 20. The molecule has 0 aliphatic rings. The first kappa shape index (κ1) is 46.2. The summed E-state index contributed by atoms with van der Waals surface area (Å²) in [6.45, 7) is 4.67. The van der Waals surface area contributed by atoms with E-state index in [0.717, 1.165) is 44.9 Å². The number of phosphoric ester groups is 1. The van der Waals surface area contributed by atoms with E-state index in [2.05, 4.69) is 31.3 Å². The zero-order chi connectivity index (χ0) is 35.1. The van der Waals surface area contributed by atoms with Crippen molar-refractivity contribution in [1.29, 1.82) is 0 Å². The second-order valence-corrected chi connectivity index (χ2v) is 16.0. The van der Waals surface area contributed by atoms with E-state index in [1.807, 2.05) is 21.1 Å². The molecule has 3 atom stereocenters. The number of hydrogen-bond acceptors (Lipinski definition) is 6. The molecule has 0 bridgehead atoms. The van der Waals surface area contributed by atoms with Crippen LogP contribution in [0.3, 0.4) is 0 Å². The molecule has 1 unspecified atom stereocenters. The van der Waals surface area contributed by atoms with Crippen molar-refractivity contribution in [2.75, 3.05) is 40.9 Å². The molecule has 0 aliphatic carbocycles. The number of allylic oxidation sites excluding steroid dienone is 2. The lowest BCUT2D eigenvalue weighted by Gasteiger charge is -2.30. The van der Waals surface area contributed by atoms with Gasteiger partial charge in [-0.15, -0.1) is 0 Å². The summed E-state index contributed by atoms with van der Waals surface area (Å²) in [4.78, 5) is 25.1. The number of quaternary nitrogens is 1. The van der Waals surface area contributed by atoms with E-state index in [1.54, 1.807) is 0 Å². The van der Waals surface area contributed by atoms with Crippen LogP contribution in [0.5, 0.6) is 0 Å². The quantitative estimate of drug-likeness (QED) is 0.0297. The summed E-state index contributed by atoms with van der Waals surface area (Å²) in [7, 11) is 1.29. The number of phosphoric acid groups is 1. The van der Waals surface area contributed by atoms with E-state index in [1.165, 1.54) is 103 Å². The van der Waals surface area contributed by atoms with Crippen LogP contribution in [0.25, 0.3) is 0 Å². The second-order valence-electron chi connectivity index (χ2n) is 14.6. The van der Waals surface area contributed by atoms with E-state index in [-0.39, 0.29) is 19.1 Å². The van der Waals surface area contributed by atoms with Gasteiger partial charge in [0.2, 0.25) is 5.91 Å². The van der Waals surface area contributed by atoms with Crippen LogP contribution in [0, 0.1) is 0 Å². The lowest BCUT2D eigenvalue weighted by molar-refractivity contribution is -0.870. The molecule has 1 amide bonds. The standard InChI is InChI=1S/C38H77N2O6P/c1-6-8-10-12-14-16-18-19-20-21-22-23-25-27-29-31-37(41)36(35-46-47(43,44)45-34-33-40(3,4)5)39-38(42)32-30-28-26-24-17-15-13-11-9-7-2/h22-23,36-37,41H,6-21,24-35H2,1-5H3,(H-,39,42,43,44)/b23-22+/t36-,37+/m0/s1. The summed E-state index contributed by atoms with van der Waals surface area (Å²) in [5, 5.41) is 13.8. The maximum absolute atomic E-state index is 12.7. The predicted molar refractivity (Wildman–Crippen MR) is 196 cm³/mol. The van der Waals surface area contributed by atoms with Gasteiger partial charge in [0.1, 0.15) is 13.2 Å². The maximum Gasteiger partial charge on any atom is 0.268 e. The molecule has 0 saturated heterocycles. The third-order valence-electron chi connectivity index (χ3n) is 8.75. The van der Waals surface area contributed by atoms with Crippen LogP contribution < -0.4 is 10.2 Å². The van der Waals surface area contributed by atoms with Crippen molar-refractivity contribution in [1.82, 2.24) is 5.32 Å². The topological polar surface area (TPSA) is 108 Å². The lowest BCUT2D eigenvalue weighted by atomic mass is 10.0. The van der Waals surface area contributed by atoms with Crippen molar-refractivity contribution in [3.05, 3.63) is 12.2 Å². The summed E-state index contributed by atoms with van der Waals surface area (Å²) < 4.78 is 23.1. The Morgan fingerprint density at radius 2 is 1.17 bits per heavy atom. The summed E-state index contributed by atoms with van der Waals surface area (Å²) in [6.07, 6.45) is 32.1. The van der Waals surface area contributed by atoms with Crippen LogP contribution in [0.2, 0.25) is 0 Å². The minimum Gasteiger partial charge on any atom is -0.756 e. The molecule has 47 heavy (non-hydrogen) atoms. The molecule has 0 aromatic rings. The monoisotopic (exact) mass is 689 g/mol. The molecule has 0 aromatic heterocycles. The molecule has 0 aliphatic heterocycles. The molecule has 0 saturated carbocycles. The maximum atomic E-state index is 12.7. The average molecular weight is 689 g/mol. The van der Waals surface area contributed by atoms with Crippen molar-refractivity contribution in [2.24, 2.45) is 0 Å². The number of aliphatic hydroxyl groups is 1. The fourth-order valence-corrected chi connectivity index (χ4v) is 6.28. The van der Waals surface area contributed by atoms with Crippen molar-refractivity contribution in [3.63, 3.8) is 0 Å². The Kier molecular flexibility index (Phi) is 30.7. The molecular formula is C38H77N2O6P. The van der Waals surface area contributed by atoms with Gasteiger partial charge in [0.05, 0.1) is 39.9 Å². The number of hydrogen-bond donors (Lipinski definition) is 2.